The Morgan fingerprint density at radius 1 is 0.896 bits per heavy atom. The van der Waals surface area contributed by atoms with E-state index in [1.54, 1.807) is 30.3 Å². The highest BCUT2D eigenvalue weighted by molar-refractivity contribution is 5.96. The van der Waals surface area contributed by atoms with Gasteiger partial charge in [-0.15, -0.1) is 0 Å². The highest BCUT2D eigenvalue weighted by Gasteiger charge is 2.36. The van der Waals surface area contributed by atoms with E-state index in [4.69, 9.17) is 4.74 Å². The number of carboxylic acid groups (broad SMARTS) is 2. The van der Waals surface area contributed by atoms with E-state index in [2.05, 4.69) is 21.0 Å². The molecule has 3 fully saturated rings. The van der Waals surface area contributed by atoms with Crippen LogP contribution in [0.1, 0.15) is 68.3 Å². The van der Waals surface area contributed by atoms with E-state index in [9.17, 15) is 39.0 Å². The third-order valence-corrected chi connectivity index (χ3v) is 8.96. The number of amides is 5. The molecule has 2 aromatic rings. The molecular formula is C32H41N7O9. The molecule has 16 nitrogen and oxygen atoms in total. The number of carbonyl (C=O) groups excluding carboxylic acids is 4. The molecule has 0 bridgehead atoms. The van der Waals surface area contributed by atoms with E-state index < -0.39 is 42.6 Å². The van der Waals surface area contributed by atoms with Gasteiger partial charge in [-0.3, -0.25) is 24.0 Å². The minimum atomic E-state index is -1.21. The lowest BCUT2D eigenvalue weighted by Gasteiger charge is -2.31. The summed E-state index contributed by atoms with van der Waals surface area (Å²) in [6, 6.07) is 8.13. The molecule has 3 heterocycles. The number of likely N-dealkylation sites (tertiary alicyclic amines) is 2. The molecule has 3 aliphatic rings. The largest absolute Gasteiger partial charge is 0.481 e. The molecule has 1 saturated carbocycles. The van der Waals surface area contributed by atoms with Crippen LogP contribution in [0.3, 0.4) is 0 Å². The van der Waals surface area contributed by atoms with Crippen LogP contribution in [0.5, 0.6) is 5.88 Å². The zero-order valence-electron chi connectivity index (χ0n) is 26.5. The zero-order valence-corrected chi connectivity index (χ0v) is 26.5. The third kappa shape index (κ3) is 8.60. The van der Waals surface area contributed by atoms with E-state index in [1.165, 1.54) is 20.5 Å². The van der Waals surface area contributed by atoms with Gasteiger partial charge in [0.2, 0.25) is 17.7 Å². The van der Waals surface area contributed by atoms with E-state index in [0.29, 0.717) is 37.9 Å². The first-order valence-corrected chi connectivity index (χ1v) is 16.3. The predicted octanol–water partition coefficient (Wildman–Crippen LogP) is 1.13. The van der Waals surface area contributed by atoms with Crippen LogP contribution >= 0.6 is 0 Å². The molecule has 2 atom stereocenters. The molecular weight excluding hydrogens is 626 g/mol. The Bertz CT molecular complexity index is 1500. The monoisotopic (exact) mass is 667 g/mol. The maximum absolute atomic E-state index is 13.4. The average Bonchev–Trinajstić information content (AvgIpc) is 3.72. The molecule has 5 N–H and O–H groups in total. The lowest BCUT2D eigenvalue weighted by Crippen LogP contribution is -2.52. The minimum Gasteiger partial charge on any atom is -0.481 e. The SMILES string of the molecule is O=C(O)CC[C@H](NC(=O)c1cc(OCC(=O)N2CCC[C@H]2C(=O)NC2CCC2)n(-c2ccccc2)n1)C(=O)NC1CCN(C(=O)O)CC1. The molecule has 16 heteroatoms. The fourth-order valence-corrected chi connectivity index (χ4v) is 6.02. The van der Waals surface area contributed by atoms with Gasteiger partial charge in [-0.05, 0) is 63.5 Å². The van der Waals surface area contributed by atoms with E-state index in [0.717, 1.165) is 19.3 Å². The lowest BCUT2D eigenvalue weighted by molar-refractivity contribution is -0.140. The quantitative estimate of drug-likeness (QED) is 0.205. The van der Waals surface area contributed by atoms with Crippen molar-refractivity contribution in [2.45, 2.75) is 82.0 Å². The summed E-state index contributed by atoms with van der Waals surface area (Å²) in [4.78, 5) is 78.0. The van der Waals surface area contributed by atoms with Gasteiger partial charge in [-0.2, -0.15) is 5.10 Å². The maximum atomic E-state index is 13.4. The van der Waals surface area contributed by atoms with E-state index >= 15 is 0 Å². The van der Waals surface area contributed by atoms with Gasteiger partial charge >= 0.3 is 12.1 Å². The molecule has 2 saturated heterocycles. The number of hydrogen-bond acceptors (Lipinski definition) is 8. The van der Waals surface area contributed by atoms with Gasteiger partial charge in [0.25, 0.3) is 11.8 Å². The highest BCUT2D eigenvalue weighted by atomic mass is 16.5. The second-order valence-corrected chi connectivity index (χ2v) is 12.3. The second-order valence-electron chi connectivity index (χ2n) is 12.3. The molecule has 5 amide bonds. The number of carboxylic acids is 1. The summed E-state index contributed by atoms with van der Waals surface area (Å²) < 4.78 is 7.23. The number of rotatable bonds is 13. The Balaban J connectivity index is 1.26. The van der Waals surface area contributed by atoms with Crippen LogP contribution in [-0.4, -0.2) is 116 Å². The first-order valence-electron chi connectivity index (χ1n) is 16.3. The Morgan fingerprint density at radius 3 is 2.25 bits per heavy atom. The summed E-state index contributed by atoms with van der Waals surface area (Å²) in [6.45, 7) is 0.494. The van der Waals surface area contributed by atoms with Gasteiger partial charge in [0.1, 0.15) is 12.1 Å². The lowest BCUT2D eigenvalue weighted by atomic mass is 9.93. The summed E-state index contributed by atoms with van der Waals surface area (Å²) in [5.41, 5.74) is 0.397. The van der Waals surface area contributed by atoms with Crippen molar-refractivity contribution < 1.29 is 43.7 Å². The van der Waals surface area contributed by atoms with E-state index in [1.807, 2.05) is 0 Å². The number of nitrogens with one attached hydrogen (secondary N) is 3. The number of ether oxygens (including phenoxy) is 1. The maximum Gasteiger partial charge on any atom is 0.407 e. The number of nitrogens with zero attached hydrogens (tertiary/aromatic N) is 4. The molecule has 1 aromatic heterocycles. The predicted molar refractivity (Wildman–Crippen MR) is 168 cm³/mol. The van der Waals surface area contributed by atoms with Crippen molar-refractivity contribution >= 4 is 35.7 Å². The van der Waals surface area contributed by atoms with Crippen LogP contribution in [0.4, 0.5) is 4.79 Å². The molecule has 0 spiro atoms. The standard InChI is InChI=1S/C32H41N7O9/c40-26(38-15-5-10-25(38)31(45)34-20-6-4-7-20)19-48-27-18-24(36-39(27)22-8-2-1-3-9-22)30(44)35-23(11-12-28(41)42)29(43)33-21-13-16-37(17-14-21)32(46)47/h1-3,8-9,18,20-21,23,25H,4-7,10-17,19H2,(H,33,43)(H,34,45)(H,35,44)(H,41,42)(H,46,47)/t23-,25-/m0/s1. The number of aliphatic carboxylic acids is 1. The first-order chi connectivity index (χ1) is 23.1. The number of aromatic nitrogens is 2. The summed E-state index contributed by atoms with van der Waals surface area (Å²) in [6.07, 6.45) is 3.34. The summed E-state index contributed by atoms with van der Waals surface area (Å²) in [5, 5.41) is 31.2. The number of piperidine rings is 1. The van der Waals surface area contributed by atoms with Crippen LogP contribution in [0.25, 0.3) is 5.69 Å². The highest BCUT2D eigenvalue weighted by Crippen LogP contribution is 2.24. The van der Waals surface area contributed by atoms with Crippen LogP contribution in [0.15, 0.2) is 36.4 Å². The zero-order chi connectivity index (χ0) is 34.2. The molecule has 48 heavy (non-hydrogen) atoms. The molecule has 5 rings (SSSR count). The number of para-hydroxylation sites is 1. The second kappa shape index (κ2) is 15.6. The van der Waals surface area contributed by atoms with Gasteiger partial charge in [0.15, 0.2) is 12.3 Å². The van der Waals surface area contributed by atoms with Gasteiger partial charge < -0.3 is 40.7 Å². The normalized spacial score (nSPS) is 18.8. The fourth-order valence-electron chi connectivity index (χ4n) is 6.02. The van der Waals surface area contributed by atoms with E-state index in [-0.39, 0.29) is 61.4 Å². The van der Waals surface area contributed by atoms with Crippen molar-refractivity contribution in [1.29, 1.82) is 0 Å². The van der Waals surface area contributed by atoms with Gasteiger partial charge in [0.05, 0.1) is 5.69 Å². The van der Waals surface area contributed by atoms with Crippen LogP contribution in [0.2, 0.25) is 0 Å². The Kier molecular flexibility index (Phi) is 11.1. The summed E-state index contributed by atoms with van der Waals surface area (Å²) in [5.74, 6) is -2.97. The third-order valence-electron chi connectivity index (χ3n) is 8.96. The topological polar surface area (TPSA) is 212 Å². The molecule has 0 radical (unpaired) electrons. The molecule has 1 aliphatic carbocycles. The van der Waals surface area contributed by atoms with Crippen molar-refractivity contribution in [2.24, 2.45) is 0 Å². The number of hydrogen-bond donors (Lipinski definition) is 5. The Morgan fingerprint density at radius 2 is 1.60 bits per heavy atom. The van der Waals surface area contributed by atoms with Crippen LogP contribution < -0.4 is 20.7 Å². The number of benzene rings is 1. The van der Waals surface area contributed by atoms with Crippen molar-refractivity contribution in [3.8, 4) is 11.6 Å². The van der Waals surface area contributed by atoms with Crippen molar-refractivity contribution in [3.05, 3.63) is 42.1 Å². The van der Waals surface area contributed by atoms with Crippen molar-refractivity contribution in [1.82, 2.24) is 35.5 Å². The minimum absolute atomic E-state index is 0.0751. The van der Waals surface area contributed by atoms with Gasteiger partial charge in [-0.25, -0.2) is 9.48 Å². The molecule has 258 valence electrons. The van der Waals surface area contributed by atoms with Gasteiger partial charge in [-0.1, -0.05) is 18.2 Å². The Labute approximate surface area is 276 Å². The number of carbonyl (C=O) groups is 6. The smallest absolute Gasteiger partial charge is 0.407 e. The first kappa shape index (κ1) is 34.2. The Hall–Kier alpha value is -5.15. The van der Waals surface area contributed by atoms with Crippen LogP contribution in [0, 0.1) is 0 Å². The fraction of sp³-hybridized carbons (Fsp3) is 0.531. The molecule has 1 aromatic carbocycles. The van der Waals surface area contributed by atoms with Crippen LogP contribution in [-0.2, 0) is 19.2 Å². The van der Waals surface area contributed by atoms with Gasteiger partial charge in [0, 0.05) is 44.2 Å². The average molecular weight is 668 g/mol. The molecule has 0 unspecified atom stereocenters. The van der Waals surface area contributed by atoms with Crippen molar-refractivity contribution in [2.75, 3.05) is 26.2 Å². The summed E-state index contributed by atoms with van der Waals surface area (Å²) in [7, 11) is 0. The summed E-state index contributed by atoms with van der Waals surface area (Å²) >= 11 is 0. The van der Waals surface area contributed by atoms with Crippen molar-refractivity contribution in [3.63, 3.8) is 0 Å². The molecule has 2 aliphatic heterocycles.